The van der Waals surface area contributed by atoms with Gasteiger partial charge in [-0.15, -0.1) is 11.3 Å². The molecule has 12 heavy (non-hydrogen) atoms. The van der Waals surface area contributed by atoms with E-state index in [1.54, 1.807) is 11.3 Å². The molecule has 62 valence electrons. The van der Waals surface area contributed by atoms with E-state index in [1.165, 1.54) is 15.0 Å². The van der Waals surface area contributed by atoms with Crippen LogP contribution >= 0.6 is 35.6 Å². The van der Waals surface area contributed by atoms with E-state index in [-0.39, 0.29) is 0 Å². The molecule has 0 nitrogen and oxygen atoms in total. The van der Waals surface area contributed by atoms with E-state index in [0.717, 1.165) is 10.8 Å². The number of hydrogen-bond acceptors (Lipinski definition) is 2. The highest BCUT2D eigenvalue weighted by Crippen LogP contribution is 2.28. The number of rotatable bonds is 1. The largest absolute Gasteiger partial charge is 0.174 e. The van der Waals surface area contributed by atoms with Crippen LogP contribution in [0.2, 0.25) is 5.02 Å². The molecule has 0 bridgehead atoms. The lowest BCUT2D eigenvalue weighted by Gasteiger charge is -1.88. The number of fused-ring (bicyclic) bond motifs is 1. The third-order valence-corrected chi connectivity index (χ3v) is 3.59. The summed E-state index contributed by atoms with van der Waals surface area (Å²) in [5.41, 5.74) is 0. The van der Waals surface area contributed by atoms with Gasteiger partial charge in [-0.25, -0.2) is 0 Å². The number of hydrogen-bond donors (Lipinski definition) is 1. The van der Waals surface area contributed by atoms with Gasteiger partial charge in [-0.2, -0.15) is 12.6 Å². The lowest BCUT2D eigenvalue weighted by molar-refractivity contribution is 1.58. The van der Waals surface area contributed by atoms with E-state index in [2.05, 4.69) is 24.8 Å². The summed E-state index contributed by atoms with van der Waals surface area (Å²) in [6.45, 7) is 0. The van der Waals surface area contributed by atoms with E-state index in [4.69, 9.17) is 11.6 Å². The number of halogens is 1. The van der Waals surface area contributed by atoms with Crippen molar-refractivity contribution in [1.29, 1.82) is 0 Å². The molecule has 0 saturated heterocycles. The highest BCUT2D eigenvalue weighted by Gasteiger charge is 1.99. The molecule has 0 saturated carbocycles. The fourth-order valence-corrected chi connectivity index (χ4v) is 2.52. The topological polar surface area (TPSA) is 0 Å². The predicted molar refractivity (Wildman–Crippen MR) is 59.5 cm³/mol. The predicted octanol–water partition coefficient (Wildman–Crippen LogP) is 3.98. The molecule has 0 amide bonds. The van der Waals surface area contributed by atoms with Crippen LogP contribution in [0.15, 0.2) is 24.3 Å². The Labute approximate surface area is 85.6 Å². The van der Waals surface area contributed by atoms with Gasteiger partial charge in [0.2, 0.25) is 0 Å². The Hall–Kier alpha value is -0.180. The van der Waals surface area contributed by atoms with Crippen LogP contribution in [0.3, 0.4) is 0 Å². The van der Waals surface area contributed by atoms with Crippen molar-refractivity contribution in [1.82, 2.24) is 0 Å². The summed E-state index contributed by atoms with van der Waals surface area (Å²) in [5, 5.41) is 2.02. The fraction of sp³-hybridized carbons (Fsp3) is 0.111. The van der Waals surface area contributed by atoms with E-state index in [0.29, 0.717) is 0 Å². The minimum absolute atomic E-state index is 0.797. The van der Waals surface area contributed by atoms with Crippen molar-refractivity contribution in [2.24, 2.45) is 0 Å². The molecule has 1 aromatic heterocycles. The molecule has 0 aliphatic rings. The second-order valence-electron chi connectivity index (χ2n) is 2.55. The Morgan fingerprint density at radius 1 is 1.33 bits per heavy atom. The average molecular weight is 215 g/mol. The van der Waals surface area contributed by atoms with Crippen LogP contribution in [0.1, 0.15) is 4.88 Å². The van der Waals surface area contributed by atoms with Gasteiger partial charge in [0.05, 0.1) is 0 Å². The van der Waals surface area contributed by atoms with Crippen LogP contribution in [0.4, 0.5) is 0 Å². The van der Waals surface area contributed by atoms with Crippen LogP contribution in [-0.2, 0) is 5.75 Å². The standard InChI is InChI=1S/C9H7ClS2/c10-7-1-2-9-6(3-7)4-8(5-11)12-9/h1-4,11H,5H2. The Balaban J connectivity index is 2.67. The van der Waals surface area contributed by atoms with Crippen molar-refractivity contribution in [2.75, 3.05) is 0 Å². The van der Waals surface area contributed by atoms with Crippen LogP contribution in [-0.4, -0.2) is 0 Å². The highest BCUT2D eigenvalue weighted by atomic mass is 35.5. The number of thiol groups is 1. The molecule has 0 atom stereocenters. The average Bonchev–Trinajstić information content (AvgIpc) is 2.46. The maximum atomic E-state index is 5.86. The van der Waals surface area contributed by atoms with Crippen LogP contribution in [0.5, 0.6) is 0 Å². The van der Waals surface area contributed by atoms with Gasteiger partial charge in [0.25, 0.3) is 0 Å². The maximum Gasteiger partial charge on any atom is 0.0412 e. The molecule has 1 aromatic carbocycles. The van der Waals surface area contributed by atoms with Gasteiger partial charge in [0, 0.05) is 20.4 Å². The zero-order chi connectivity index (χ0) is 8.55. The Kier molecular flexibility index (Phi) is 2.31. The zero-order valence-corrected chi connectivity index (χ0v) is 8.72. The Morgan fingerprint density at radius 2 is 2.17 bits per heavy atom. The molecule has 0 unspecified atom stereocenters. The zero-order valence-electron chi connectivity index (χ0n) is 6.25. The molecular formula is C9H7ClS2. The fourth-order valence-electron chi connectivity index (χ4n) is 1.15. The minimum Gasteiger partial charge on any atom is -0.174 e. The molecule has 0 radical (unpaired) electrons. The molecule has 0 spiro atoms. The molecule has 2 aromatic rings. The van der Waals surface area contributed by atoms with Crippen LogP contribution < -0.4 is 0 Å². The molecule has 0 fully saturated rings. The third-order valence-electron chi connectivity index (χ3n) is 1.69. The van der Waals surface area contributed by atoms with Gasteiger partial charge in [0.15, 0.2) is 0 Å². The molecule has 2 rings (SSSR count). The van der Waals surface area contributed by atoms with Gasteiger partial charge >= 0.3 is 0 Å². The van der Waals surface area contributed by atoms with Crippen molar-refractivity contribution in [3.63, 3.8) is 0 Å². The van der Waals surface area contributed by atoms with Crippen molar-refractivity contribution < 1.29 is 0 Å². The Morgan fingerprint density at radius 3 is 2.92 bits per heavy atom. The van der Waals surface area contributed by atoms with E-state index in [1.807, 2.05) is 12.1 Å². The van der Waals surface area contributed by atoms with Gasteiger partial charge in [-0.3, -0.25) is 0 Å². The monoisotopic (exact) mass is 214 g/mol. The quantitative estimate of drug-likeness (QED) is 0.682. The molecule has 0 aliphatic carbocycles. The summed E-state index contributed by atoms with van der Waals surface area (Å²) in [5.74, 6) is 0.803. The summed E-state index contributed by atoms with van der Waals surface area (Å²) < 4.78 is 1.28. The van der Waals surface area contributed by atoms with Crippen LogP contribution in [0.25, 0.3) is 10.1 Å². The second kappa shape index (κ2) is 3.29. The summed E-state index contributed by atoms with van der Waals surface area (Å²) in [7, 11) is 0. The molecular weight excluding hydrogens is 208 g/mol. The minimum atomic E-state index is 0.797. The van der Waals surface area contributed by atoms with Gasteiger partial charge < -0.3 is 0 Å². The van der Waals surface area contributed by atoms with Gasteiger partial charge in [0.1, 0.15) is 0 Å². The molecule has 0 N–H and O–H groups in total. The lowest BCUT2D eigenvalue weighted by Crippen LogP contribution is -1.63. The van der Waals surface area contributed by atoms with Gasteiger partial charge in [-0.1, -0.05) is 11.6 Å². The SMILES string of the molecule is SCc1cc2cc(Cl)ccc2s1. The molecule has 1 heterocycles. The number of thiophene rings is 1. The maximum absolute atomic E-state index is 5.86. The normalized spacial score (nSPS) is 10.8. The summed E-state index contributed by atoms with van der Waals surface area (Å²) in [6.07, 6.45) is 0. The third kappa shape index (κ3) is 1.47. The van der Waals surface area contributed by atoms with E-state index >= 15 is 0 Å². The van der Waals surface area contributed by atoms with Crippen molar-refractivity contribution in [3.8, 4) is 0 Å². The smallest absolute Gasteiger partial charge is 0.0412 e. The summed E-state index contributed by atoms with van der Waals surface area (Å²) in [4.78, 5) is 1.29. The first-order valence-electron chi connectivity index (χ1n) is 3.58. The highest BCUT2D eigenvalue weighted by molar-refractivity contribution is 7.79. The van der Waals surface area contributed by atoms with Gasteiger partial charge in [-0.05, 0) is 29.7 Å². The Bertz CT molecular complexity index is 406. The second-order valence-corrected chi connectivity index (χ2v) is 4.47. The van der Waals surface area contributed by atoms with Crippen molar-refractivity contribution >= 4 is 45.7 Å². The first kappa shape index (κ1) is 8.42. The molecule has 3 heteroatoms. The summed E-state index contributed by atoms with van der Waals surface area (Å²) in [6, 6.07) is 8.09. The summed E-state index contributed by atoms with van der Waals surface area (Å²) >= 11 is 11.9. The van der Waals surface area contributed by atoms with E-state index < -0.39 is 0 Å². The van der Waals surface area contributed by atoms with E-state index in [9.17, 15) is 0 Å². The number of benzene rings is 1. The first-order chi connectivity index (χ1) is 5.79. The lowest BCUT2D eigenvalue weighted by atomic mass is 10.2. The first-order valence-corrected chi connectivity index (χ1v) is 5.41. The molecule has 0 aliphatic heterocycles. The van der Waals surface area contributed by atoms with Crippen molar-refractivity contribution in [2.45, 2.75) is 5.75 Å². The van der Waals surface area contributed by atoms with Crippen molar-refractivity contribution in [3.05, 3.63) is 34.2 Å². The van der Waals surface area contributed by atoms with Crippen LogP contribution in [0, 0.1) is 0 Å².